The molecule has 0 bridgehead atoms. The number of hydrogen-bond donors (Lipinski definition) is 1. The lowest BCUT2D eigenvalue weighted by Gasteiger charge is -2.26. The predicted molar refractivity (Wildman–Crippen MR) is 70.8 cm³/mol. The number of amides is 1. The largest absolute Gasteiger partial charge is 0.318 e. The van der Waals surface area contributed by atoms with Crippen molar-refractivity contribution >= 4 is 5.91 Å². The van der Waals surface area contributed by atoms with E-state index in [0.29, 0.717) is 5.56 Å². The molecule has 1 saturated heterocycles. The lowest BCUT2D eigenvalue weighted by molar-refractivity contribution is -0.130. The second-order valence-corrected chi connectivity index (χ2v) is 6.27. The lowest BCUT2D eigenvalue weighted by Crippen LogP contribution is -2.35. The maximum absolute atomic E-state index is 14.0. The third kappa shape index (κ3) is 1.94. The van der Waals surface area contributed by atoms with Crippen molar-refractivity contribution in [2.24, 2.45) is 5.41 Å². The van der Waals surface area contributed by atoms with Gasteiger partial charge in [0, 0.05) is 11.6 Å². The predicted octanol–water partition coefficient (Wildman–Crippen LogP) is 2.44. The average molecular weight is 262 g/mol. The zero-order valence-electron chi connectivity index (χ0n) is 11.5. The Morgan fingerprint density at radius 2 is 2.00 bits per heavy atom. The van der Waals surface area contributed by atoms with Gasteiger partial charge in [-0.3, -0.25) is 10.1 Å². The fraction of sp³-hybridized carbons (Fsp3) is 0.533. The van der Waals surface area contributed by atoms with Crippen molar-refractivity contribution in [3.8, 4) is 0 Å². The van der Waals surface area contributed by atoms with Gasteiger partial charge in [0.1, 0.15) is 12.0 Å². The van der Waals surface area contributed by atoms with Crippen LogP contribution in [0.3, 0.4) is 0 Å². The minimum atomic E-state index is -0.338. The van der Waals surface area contributed by atoms with E-state index >= 15 is 0 Å². The van der Waals surface area contributed by atoms with Crippen LogP contribution in [-0.4, -0.2) is 22.9 Å². The Morgan fingerprint density at radius 1 is 1.37 bits per heavy atom. The van der Waals surface area contributed by atoms with Gasteiger partial charge in [0.05, 0.1) is 6.04 Å². The average Bonchev–Trinajstić information content (AvgIpc) is 2.86. The van der Waals surface area contributed by atoms with E-state index in [1.807, 2.05) is 17.9 Å². The minimum absolute atomic E-state index is 0.0730. The Kier molecular flexibility index (Phi) is 2.68. The molecule has 1 amide bonds. The van der Waals surface area contributed by atoms with Gasteiger partial charge in [-0.1, -0.05) is 32.0 Å². The summed E-state index contributed by atoms with van der Waals surface area (Å²) in [4.78, 5) is 14.1. The molecule has 3 nitrogen and oxygen atoms in total. The van der Waals surface area contributed by atoms with E-state index in [1.165, 1.54) is 6.07 Å². The summed E-state index contributed by atoms with van der Waals surface area (Å²) in [6.07, 6.45) is 0.647. The first-order chi connectivity index (χ1) is 8.92. The van der Waals surface area contributed by atoms with Crippen molar-refractivity contribution in [2.75, 3.05) is 0 Å². The van der Waals surface area contributed by atoms with Crippen LogP contribution in [0.5, 0.6) is 0 Å². The SMILES string of the molecule is CC1NC(c2ccccc2F)N(C2CC2(C)C)C1=O. The smallest absolute Gasteiger partial charge is 0.241 e. The molecule has 0 spiro atoms. The molecule has 3 unspecified atom stereocenters. The molecule has 2 fully saturated rings. The summed E-state index contributed by atoms with van der Waals surface area (Å²) in [6, 6.07) is 6.64. The molecular weight excluding hydrogens is 243 g/mol. The molecule has 1 heterocycles. The molecule has 0 aromatic heterocycles. The summed E-state index contributed by atoms with van der Waals surface area (Å²) in [5.41, 5.74) is 0.702. The zero-order valence-corrected chi connectivity index (χ0v) is 11.5. The van der Waals surface area contributed by atoms with Gasteiger partial charge < -0.3 is 4.90 Å². The number of benzene rings is 1. The van der Waals surface area contributed by atoms with Gasteiger partial charge in [-0.15, -0.1) is 0 Å². The number of rotatable bonds is 2. The molecule has 3 rings (SSSR count). The van der Waals surface area contributed by atoms with Crippen LogP contribution in [0, 0.1) is 11.2 Å². The molecule has 1 aliphatic heterocycles. The Balaban J connectivity index is 1.96. The van der Waals surface area contributed by atoms with Crippen molar-refractivity contribution < 1.29 is 9.18 Å². The second kappa shape index (κ2) is 4.04. The van der Waals surface area contributed by atoms with Crippen LogP contribution in [0.1, 0.15) is 38.9 Å². The second-order valence-electron chi connectivity index (χ2n) is 6.27. The van der Waals surface area contributed by atoms with Crippen LogP contribution < -0.4 is 5.32 Å². The van der Waals surface area contributed by atoms with Crippen LogP contribution >= 0.6 is 0 Å². The molecule has 1 N–H and O–H groups in total. The monoisotopic (exact) mass is 262 g/mol. The summed E-state index contributed by atoms with van der Waals surface area (Å²) in [5.74, 6) is -0.186. The van der Waals surface area contributed by atoms with E-state index in [2.05, 4.69) is 19.2 Å². The van der Waals surface area contributed by atoms with Gasteiger partial charge >= 0.3 is 0 Å². The molecule has 1 aliphatic carbocycles. The molecule has 2 aliphatic rings. The molecule has 3 atom stereocenters. The number of nitrogens with one attached hydrogen (secondary N) is 1. The van der Waals surface area contributed by atoms with E-state index in [4.69, 9.17) is 0 Å². The van der Waals surface area contributed by atoms with Crippen molar-refractivity contribution in [1.82, 2.24) is 10.2 Å². The number of halogens is 1. The Bertz CT molecular complexity index is 529. The highest BCUT2D eigenvalue weighted by Gasteiger charge is 2.56. The highest BCUT2D eigenvalue weighted by atomic mass is 19.1. The number of carbonyl (C=O) groups excluding carboxylic acids is 1. The van der Waals surface area contributed by atoms with Gasteiger partial charge in [-0.25, -0.2) is 4.39 Å². The highest BCUT2D eigenvalue weighted by Crippen LogP contribution is 2.52. The maximum atomic E-state index is 14.0. The Hall–Kier alpha value is -1.42. The van der Waals surface area contributed by atoms with E-state index in [9.17, 15) is 9.18 Å². The summed E-state index contributed by atoms with van der Waals surface area (Å²) in [7, 11) is 0. The standard InChI is InChI=1S/C15H19FN2O/c1-9-14(19)18(12-8-15(12,2)3)13(17-9)10-6-4-5-7-11(10)16/h4-7,9,12-13,17H,8H2,1-3H3. The summed E-state index contributed by atoms with van der Waals surface area (Å²) in [5, 5.41) is 3.21. The van der Waals surface area contributed by atoms with Gasteiger partial charge in [0.25, 0.3) is 0 Å². The third-order valence-electron chi connectivity index (χ3n) is 4.31. The van der Waals surface area contributed by atoms with Gasteiger partial charge in [0.2, 0.25) is 5.91 Å². The number of nitrogens with zero attached hydrogens (tertiary/aromatic N) is 1. The first-order valence-electron chi connectivity index (χ1n) is 6.74. The van der Waals surface area contributed by atoms with Crippen molar-refractivity contribution in [2.45, 2.75) is 45.4 Å². The fourth-order valence-corrected chi connectivity index (χ4v) is 2.92. The van der Waals surface area contributed by atoms with E-state index in [1.54, 1.807) is 12.1 Å². The summed E-state index contributed by atoms with van der Waals surface area (Å²) >= 11 is 0. The van der Waals surface area contributed by atoms with Crippen molar-refractivity contribution in [3.63, 3.8) is 0 Å². The first kappa shape index (κ1) is 12.6. The number of carbonyl (C=O) groups is 1. The van der Waals surface area contributed by atoms with Crippen LogP contribution in [-0.2, 0) is 4.79 Å². The van der Waals surface area contributed by atoms with E-state index in [0.717, 1.165) is 6.42 Å². The van der Waals surface area contributed by atoms with Gasteiger partial charge in [-0.05, 0) is 24.8 Å². The van der Waals surface area contributed by atoms with Crippen LogP contribution in [0.15, 0.2) is 24.3 Å². The van der Waals surface area contributed by atoms with Crippen LogP contribution in [0.4, 0.5) is 4.39 Å². The molecule has 102 valence electrons. The minimum Gasteiger partial charge on any atom is -0.318 e. The van der Waals surface area contributed by atoms with Gasteiger partial charge in [-0.2, -0.15) is 0 Å². The summed E-state index contributed by atoms with van der Waals surface area (Å²) in [6.45, 7) is 6.13. The normalized spacial score (nSPS) is 32.7. The van der Waals surface area contributed by atoms with Crippen LogP contribution in [0.25, 0.3) is 0 Å². The Morgan fingerprint density at radius 3 is 2.58 bits per heavy atom. The summed E-state index contributed by atoms with van der Waals surface area (Å²) < 4.78 is 14.0. The molecule has 0 radical (unpaired) electrons. The number of hydrogen-bond acceptors (Lipinski definition) is 2. The molecular formula is C15H19FN2O. The van der Waals surface area contributed by atoms with E-state index in [-0.39, 0.29) is 35.4 Å². The first-order valence-corrected chi connectivity index (χ1v) is 6.74. The molecule has 19 heavy (non-hydrogen) atoms. The highest BCUT2D eigenvalue weighted by molar-refractivity contribution is 5.85. The third-order valence-corrected chi connectivity index (χ3v) is 4.31. The van der Waals surface area contributed by atoms with Gasteiger partial charge in [0.15, 0.2) is 0 Å². The molecule has 1 aromatic carbocycles. The topological polar surface area (TPSA) is 32.3 Å². The quantitative estimate of drug-likeness (QED) is 0.888. The Labute approximate surface area is 112 Å². The molecule has 1 aromatic rings. The molecule has 4 heteroatoms. The zero-order chi connectivity index (χ0) is 13.8. The fourth-order valence-electron chi connectivity index (χ4n) is 2.92. The maximum Gasteiger partial charge on any atom is 0.241 e. The van der Waals surface area contributed by atoms with E-state index < -0.39 is 0 Å². The van der Waals surface area contributed by atoms with Crippen molar-refractivity contribution in [1.29, 1.82) is 0 Å². The molecule has 1 saturated carbocycles. The van der Waals surface area contributed by atoms with Crippen LogP contribution in [0.2, 0.25) is 0 Å². The lowest BCUT2D eigenvalue weighted by atomic mass is 10.1. The van der Waals surface area contributed by atoms with Crippen molar-refractivity contribution in [3.05, 3.63) is 35.6 Å².